The maximum atomic E-state index is 12.7. The fraction of sp³-hybridized carbons (Fsp3) is 0.143. The van der Waals surface area contributed by atoms with Crippen LogP contribution in [0.15, 0.2) is 55.0 Å². The van der Waals surface area contributed by atoms with Crippen LogP contribution in [-0.2, 0) is 6.54 Å². The van der Waals surface area contributed by atoms with Crippen LogP contribution in [-0.4, -0.2) is 45.1 Å². The van der Waals surface area contributed by atoms with Gasteiger partial charge in [0.15, 0.2) is 5.69 Å². The highest BCUT2D eigenvalue weighted by atomic mass is 16.1. The number of H-pyrrole nitrogens is 1. The topological polar surface area (TPSA) is 113 Å². The molecule has 4 N–H and O–H groups in total. The number of anilines is 2. The van der Waals surface area contributed by atoms with Crippen LogP contribution in [0.4, 0.5) is 11.5 Å². The van der Waals surface area contributed by atoms with Gasteiger partial charge >= 0.3 is 0 Å². The number of pyridine rings is 2. The van der Waals surface area contributed by atoms with Crippen LogP contribution >= 0.6 is 0 Å². The number of nitrogens with one attached hydrogen (secondary N) is 2. The molecule has 3 heterocycles. The van der Waals surface area contributed by atoms with Crippen molar-refractivity contribution >= 4 is 28.3 Å². The summed E-state index contributed by atoms with van der Waals surface area (Å²) in [6.45, 7) is 0.804. The second-order valence-corrected chi connectivity index (χ2v) is 7.08. The number of hydrogen-bond donors (Lipinski definition) is 3. The van der Waals surface area contributed by atoms with Gasteiger partial charge in [-0.1, -0.05) is 6.07 Å². The summed E-state index contributed by atoms with van der Waals surface area (Å²) in [5.41, 5.74) is 10.3. The smallest absolute Gasteiger partial charge is 0.276 e. The Morgan fingerprint density at radius 3 is 2.72 bits per heavy atom. The number of benzene rings is 1. The number of hydrogen-bond acceptors (Lipinski definition) is 6. The van der Waals surface area contributed by atoms with Gasteiger partial charge < -0.3 is 16.0 Å². The molecule has 1 aromatic carbocycles. The zero-order valence-electron chi connectivity index (χ0n) is 16.2. The number of fused-ring (bicyclic) bond motifs is 1. The predicted octanol–water partition coefficient (Wildman–Crippen LogP) is 2.92. The van der Waals surface area contributed by atoms with E-state index >= 15 is 0 Å². The van der Waals surface area contributed by atoms with Crippen molar-refractivity contribution in [1.82, 2.24) is 25.1 Å². The summed E-state index contributed by atoms with van der Waals surface area (Å²) >= 11 is 0. The van der Waals surface area contributed by atoms with Crippen LogP contribution in [0.3, 0.4) is 0 Å². The molecular weight excluding hydrogens is 366 g/mol. The molecule has 146 valence electrons. The molecule has 0 aliphatic rings. The first-order valence-electron chi connectivity index (χ1n) is 9.09. The van der Waals surface area contributed by atoms with Gasteiger partial charge in [0.2, 0.25) is 0 Å². The number of carbonyl (C=O) groups is 1. The standard InChI is InChI=1S/C21H21N7O/c1-28(2)12-13-7-15(10-23-9-13)14-3-5-18-17(8-14)20(27-26-18)21(29)25-16-4-6-19(22)24-11-16/h3-11H,12H2,1-2H3,(H2,22,24)(H,25,29)(H,26,27). The Morgan fingerprint density at radius 1 is 1.10 bits per heavy atom. The van der Waals surface area contributed by atoms with Gasteiger partial charge in [0, 0.05) is 29.9 Å². The summed E-state index contributed by atoms with van der Waals surface area (Å²) in [5.74, 6) is 0.0717. The zero-order valence-corrected chi connectivity index (χ0v) is 16.2. The molecule has 0 fully saturated rings. The van der Waals surface area contributed by atoms with E-state index in [0.29, 0.717) is 17.2 Å². The molecule has 8 nitrogen and oxygen atoms in total. The molecule has 0 aliphatic heterocycles. The van der Waals surface area contributed by atoms with E-state index in [9.17, 15) is 4.79 Å². The van der Waals surface area contributed by atoms with Gasteiger partial charge in [-0.05, 0) is 55.6 Å². The maximum absolute atomic E-state index is 12.7. The highest BCUT2D eigenvalue weighted by Gasteiger charge is 2.15. The lowest BCUT2D eigenvalue weighted by molar-refractivity contribution is 0.102. The van der Waals surface area contributed by atoms with E-state index in [-0.39, 0.29) is 5.91 Å². The van der Waals surface area contributed by atoms with Gasteiger partial charge in [0.1, 0.15) is 5.82 Å². The number of amides is 1. The van der Waals surface area contributed by atoms with Gasteiger partial charge in [-0.15, -0.1) is 0 Å². The number of nitrogens with two attached hydrogens (primary N) is 1. The maximum Gasteiger partial charge on any atom is 0.276 e. The molecule has 0 radical (unpaired) electrons. The third kappa shape index (κ3) is 4.07. The largest absolute Gasteiger partial charge is 0.384 e. The van der Waals surface area contributed by atoms with E-state index < -0.39 is 0 Å². The second kappa shape index (κ2) is 7.69. The molecule has 4 rings (SSSR count). The molecule has 8 heteroatoms. The Labute approximate surface area is 167 Å². The Kier molecular flexibility index (Phi) is 4.92. The summed E-state index contributed by atoms with van der Waals surface area (Å²) in [6.07, 6.45) is 5.19. The Bertz CT molecular complexity index is 1170. The zero-order chi connectivity index (χ0) is 20.4. The van der Waals surface area contributed by atoms with Gasteiger partial charge in [0.25, 0.3) is 5.91 Å². The Morgan fingerprint density at radius 2 is 1.97 bits per heavy atom. The number of carbonyl (C=O) groups excluding carboxylic acids is 1. The van der Waals surface area contributed by atoms with E-state index in [1.807, 2.05) is 44.7 Å². The minimum atomic E-state index is -0.320. The normalized spacial score (nSPS) is 11.1. The van der Waals surface area contributed by atoms with Crippen molar-refractivity contribution in [1.29, 1.82) is 0 Å². The molecule has 0 bridgehead atoms. The summed E-state index contributed by atoms with van der Waals surface area (Å²) < 4.78 is 0. The summed E-state index contributed by atoms with van der Waals surface area (Å²) in [6, 6.07) is 11.3. The predicted molar refractivity (Wildman–Crippen MR) is 113 cm³/mol. The van der Waals surface area contributed by atoms with Crippen molar-refractivity contribution in [3.05, 3.63) is 66.2 Å². The van der Waals surface area contributed by atoms with Crippen molar-refractivity contribution in [3.8, 4) is 11.1 Å². The van der Waals surface area contributed by atoms with Crippen molar-refractivity contribution in [2.45, 2.75) is 6.54 Å². The summed E-state index contributed by atoms with van der Waals surface area (Å²) in [7, 11) is 4.04. The highest BCUT2D eigenvalue weighted by Crippen LogP contribution is 2.26. The Balaban J connectivity index is 1.66. The van der Waals surface area contributed by atoms with Gasteiger partial charge in [0.05, 0.1) is 17.4 Å². The number of nitrogen functional groups attached to an aromatic ring is 1. The number of rotatable bonds is 5. The number of nitrogens with zero attached hydrogens (tertiary/aromatic N) is 4. The van der Waals surface area contributed by atoms with Crippen LogP contribution < -0.4 is 11.1 Å². The highest BCUT2D eigenvalue weighted by molar-refractivity contribution is 6.11. The number of aromatic nitrogens is 4. The first-order valence-corrected chi connectivity index (χ1v) is 9.09. The molecule has 29 heavy (non-hydrogen) atoms. The Hall–Kier alpha value is -3.78. The molecule has 0 atom stereocenters. The van der Waals surface area contributed by atoms with Gasteiger partial charge in [-0.2, -0.15) is 5.10 Å². The third-order valence-electron chi connectivity index (χ3n) is 4.45. The fourth-order valence-electron chi connectivity index (χ4n) is 3.13. The van der Waals surface area contributed by atoms with Gasteiger partial charge in [-0.25, -0.2) is 4.98 Å². The van der Waals surface area contributed by atoms with E-state index in [0.717, 1.165) is 34.1 Å². The lowest BCUT2D eigenvalue weighted by atomic mass is 10.0. The summed E-state index contributed by atoms with van der Waals surface area (Å²) in [5, 5.41) is 10.6. The second-order valence-electron chi connectivity index (χ2n) is 7.08. The quantitative estimate of drug-likeness (QED) is 0.485. The first kappa shape index (κ1) is 18.6. The van der Waals surface area contributed by atoms with E-state index in [1.54, 1.807) is 12.1 Å². The SMILES string of the molecule is CN(C)Cc1cncc(-c2ccc3[nH]nc(C(=O)Nc4ccc(N)nc4)c3c2)c1. The average Bonchev–Trinajstić information content (AvgIpc) is 3.13. The monoisotopic (exact) mass is 387 g/mol. The van der Waals surface area contributed by atoms with Crippen LogP contribution in [0.2, 0.25) is 0 Å². The molecule has 0 aliphatic carbocycles. The molecule has 4 aromatic rings. The van der Waals surface area contributed by atoms with Crippen molar-refractivity contribution in [3.63, 3.8) is 0 Å². The molecule has 3 aromatic heterocycles. The van der Waals surface area contributed by atoms with Crippen LogP contribution in [0.1, 0.15) is 16.1 Å². The minimum absolute atomic E-state index is 0.316. The molecule has 0 spiro atoms. The molecule has 0 saturated carbocycles. The van der Waals surface area contributed by atoms with Crippen LogP contribution in [0.5, 0.6) is 0 Å². The molecule has 0 saturated heterocycles. The minimum Gasteiger partial charge on any atom is -0.384 e. The van der Waals surface area contributed by atoms with Gasteiger partial charge in [-0.3, -0.25) is 14.9 Å². The van der Waals surface area contributed by atoms with E-state index in [4.69, 9.17) is 5.73 Å². The van der Waals surface area contributed by atoms with Crippen LogP contribution in [0, 0.1) is 0 Å². The molecule has 0 unspecified atom stereocenters. The first-order chi connectivity index (χ1) is 14.0. The van der Waals surface area contributed by atoms with E-state index in [1.165, 1.54) is 6.20 Å². The lowest BCUT2D eigenvalue weighted by Gasteiger charge is -2.10. The molecular formula is C21H21N7O. The van der Waals surface area contributed by atoms with Crippen molar-refractivity contribution in [2.75, 3.05) is 25.1 Å². The number of aromatic amines is 1. The van der Waals surface area contributed by atoms with Crippen molar-refractivity contribution < 1.29 is 4.79 Å². The van der Waals surface area contributed by atoms with Crippen LogP contribution in [0.25, 0.3) is 22.0 Å². The van der Waals surface area contributed by atoms with E-state index in [2.05, 4.69) is 36.4 Å². The lowest BCUT2D eigenvalue weighted by Crippen LogP contribution is -2.13. The average molecular weight is 387 g/mol. The molecule has 1 amide bonds. The third-order valence-corrected chi connectivity index (χ3v) is 4.45. The fourth-order valence-corrected chi connectivity index (χ4v) is 3.13. The van der Waals surface area contributed by atoms with Crippen molar-refractivity contribution in [2.24, 2.45) is 0 Å². The summed E-state index contributed by atoms with van der Waals surface area (Å²) in [4.78, 5) is 23.2.